The van der Waals surface area contributed by atoms with E-state index in [2.05, 4.69) is 34.9 Å². The SMILES string of the molecule is COc1nc(O[C@@H]2CCc3c(-c4cccc(Nc5nccc6cc(CN7CC[C@@H](C(=O)NS(=O)(=O)C8(C)CC8)C7)cnc56)c4F)cccc32)c(C(F)(F)F)nc1CN1CC[C@@H](O)C1. The van der Waals surface area contributed by atoms with Crippen molar-refractivity contribution in [2.45, 2.75) is 81.7 Å². The molecule has 9 rings (SSSR count). The highest BCUT2D eigenvalue weighted by Gasteiger charge is 2.51. The van der Waals surface area contributed by atoms with E-state index in [9.17, 15) is 31.5 Å². The summed E-state index contributed by atoms with van der Waals surface area (Å²) in [7, 11) is -2.41. The summed E-state index contributed by atoms with van der Waals surface area (Å²) in [5.41, 5.74) is 2.41. The molecule has 2 aliphatic carbocycles. The molecule has 4 aliphatic rings. The smallest absolute Gasteiger partial charge is 0.438 e. The van der Waals surface area contributed by atoms with Crippen LogP contribution in [0.3, 0.4) is 0 Å². The maximum Gasteiger partial charge on any atom is 0.438 e. The highest BCUT2D eigenvalue weighted by Crippen LogP contribution is 2.45. The number of likely N-dealkylation sites (tertiary alicyclic amines) is 2. The van der Waals surface area contributed by atoms with Crippen LogP contribution in [0.15, 0.2) is 60.9 Å². The lowest BCUT2D eigenvalue weighted by Gasteiger charge is -2.21. The summed E-state index contributed by atoms with van der Waals surface area (Å²) < 4.78 is 97.9. The number of amides is 1. The Morgan fingerprint density at radius 1 is 0.968 bits per heavy atom. The lowest BCUT2D eigenvalue weighted by molar-refractivity contribution is -0.143. The number of hydrogen-bond donors (Lipinski definition) is 3. The normalized spacial score (nSPS) is 21.1. The van der Waals surface area contributed by atoms with Crippen LogP contribution >= 0.6 is 0 Å². The van der Waals surface area contributed by atoms with Crippen LogP contribution in [-0.2, 0) is 40.5 Å². The van der Waals surface area contributed by atoms with Gasteiger partial charge in [0.15, 0.2) is 11.6 Å². The van der Waals surface area contributed by atoms with Gasteiger partial charge >= 0.3 is 6.18 Å². The number of benzene rings is 2. The first-order chi connectivity index (χ1) is 30.1. The number of carbonyl (C=O) groups is 1. The molecule has 63 heavy (non-hydrogen) atoms. The van der Waals surface area contributed by atoms with Crippen LogP contribution in [0.25, 0.3) is 22.0 Å². The van der Waals surface area contributed by atoms with Crippen molar-refractivity contribution in [3.05, 3.63) is 94.8 Å². The molecule has 0 radical (unpaired) electrons. The van der Waals surface area contributed by atoms with Crippen molar-refractivity contribution < 1.29 is 45.4 Å². The molecule has 332 valence electrons. The molecule has 2 aliphatic heterocycles. The number of nitrogens with zero attached hydrogens (tertiary/aromatic N) is 6. The van der Waals surface area contributed by atoms with Crippen molar-refractivity contribution in [2.75, 3.05) is 38.6 Å². The summed E-state index contributed by atoms with van der Waals surface area (Å²) in [5, 5.41) is 13.8. The van der Waals surface area contributed by atoms with Crippen LogP contribution in [-0.4, -0.2) is 93.3 Å². The van der Waals surface area contributed by atoms with Gasteiger partial charge < -0.3 is 19.9 Å². The second-order valence-corrected chi connectivity index (χ2v) is 19.2. The zero-order valence-electron chi connectivity index (χ0n) is 34.6. The summed E-state index contributed by atoms with van der Waals surface area (Å²) in [5.74, 6) is -1.96. The Hall–Kier alpha value is -5.50. The maximum absolute atomic E-state index is 16.6. The second kappa shape index (κ2) is 16.6. The van der Waals surface area contributed by atoms with E-state index in [0.29, 0.717) is 93.7 Å². The van der Waals surface area contributed by atoms with E-state index in [4.69, 9.17) is 9.47 Å². The van der Waals surface area contributed by atoms with Gasteiger partial charge in [-0.05, 0) is 92.4 Å². The molecule has 19 heteroatoms. The van der Waals surface area contributed by atoms with Crippen molar-refractivity contribution in [3.63, 3.8) is 0 Å². The van der Waals surface area contributed by atoms with Crippen LogP contribution in [0, 0.1) is 11.7 Å². The third kappa shape index (κ3) is 8.62. The molecule has 14 nitrogen and oxygen atoms in total. The largest absolute Gasteiger partial charge is 0.480 e. The molecule has 5 aromatic rings. The van der Waals surface area contributed by atoms with E-state index in [1.165, 1.54) is 7.11 Å². The first kappa shape index (κ1) is 42.8. The number of carbonyl (C=O) groups excluding carboxylic acids is 1. The van der Waals surface area contributed by atoms with Gasteiger partial charge in [-0.25, -0.2) is 22.8 Å². The Kier molecular flexibility index (Phi) is 11.2. The Morgan fingerprint density at radius 2 is 1.73 bits per heavy atom. The van der Waals surface area contributed by atoms with E-state index in [1.54, 1.807) is 66.7 Å². The van der Waals surface area contributed by atoms with Crippen LogP contribution in [0.5, 0.6) is 11.8 Å². The number of β-amino-alcohol motifs (C(OH)–C–C–N with tert-alkyl or cyclic N) is 1. The number of halogens is 4. The third-order valence-electron chi connectivity index (χ3n) is 12.5. The molecule has 0 spiro atoms. The summed E-state index contributed by atoms with van der Waals surface area (Å²) in [6, 6.07) is 13.9. The van der Waals surface area contributed by atoms with Gasteiger partial charge in [-0.2, -0.15) is 18.2 Å². The Balaban J connectivity index is 0.907. The zero-order valence-corrected chi connectivity index (χ0v) is 35.4. The Labute approximate surface area is 361 Å². The topological polar surface area (TPSA) is 172 Å². The minimum atomic E-state index is -4.88. The fourth-order valence-corrected chi connectivity index (χ4v) is 10.1. The average Bonchev–Trinajstić information content (AvgIpc) is 3.52. The van der Waals surface area contributed by atoms with Gasteiger partial charge in [0.05, 0.1) is 29.6 Å². The van der Waals surface area contributed by atoms with E-state index in [1.807, 2.05) is 6.07 Å². The predicted molar refractivity (Wildman–Crippen MR) is 224 cm³/mol. The minimum Gasteiger partial charge on any atom is -0.480 e. The number of pyridine rings is 2. The van der Waals surface area contributed by atoms with Crippen LogP contribution in [0.2, 0.25) is 0 Å². The van der Waals surface area contributed by atoms with Gasteiger partial charge in [0.1, 0.15) is 17.3 Å². The Bertz CT molecular complexity index is 2700. The molecular weight excluding hydrogens is 845 g/mol. The number of nitrogens with one attached hydrogen (secondary N) is 2. The fraction of sp³-hybridized carbons (Fsp3) is 0.432. The third-order valence-corrected chi connectivity index (χ3v) is 14.7. The van der Waals surface area contributed by atoms with Crippen molar-refractivity contribution in [1.82, 2.24) is 34.5 Å². The molecule has 3 N–H and O–H groups in total. The number of fused-ring (bicyclic) bond motifs is 2. The highest BCUT2D eigenvalue weighted by molar-refractivity contribution is 7.91. The number of methoxy groups -OCH3 is 1. The molecule has 0 bridgehead atoms. The van der Waals surface area contributed by atoms with Crippen LogP contribution in [0.4, 0.5) is 29.1 Å². The molecule has 2 aromatic carbocycles. The number of anilines is 2. The summed E-state index contributed by atoms with van der Waals surface area (Å²) in [6.07, 6.45) is -0.141. The number of aliphatic hydroxyl groups excluding tert-OH is 1. The van der Waals surface area contributed by atoms with Crippen molar-refractivity contribution in [1.29, 1.82) is 0 Å². The molecule has 3 atom stereocenters. The summed E-state index contributed by atoms with van der Waals surface area (Å²) in [6.45, 7) is 3.98. The predicted octanol–water partition coefficient (Wildman–Crippen LogP) is 6.45. The minimum absolute atomic E-state index is 0.0140. The number of ether oxygens (including phenoxy) is 2. The van der Waals surface area contributed by atoms with E-state index in [0.717, 1.165) is 16.5 Å². The van der Waals surface area contributed by atoms with Crippen LogP contribution in [0.1, 0.15) is 73.2 Å². The summed E-state index contributed by atoms with van der Waals surface area (Å²) >= 11 is 0. The number of rotatable bonds is 13. The molecule has 3 fully saturated rings. The number of aliphatic hydroxyl groups is 1. The lowest BCUT2D eigenvalue weighted by Crippen LogP contribution is -2.42. The second-order valence-electron chi connectivity index (χ2n) is 17.0. The van der Waals surface area contributed by atoms with E-state index < -0.39 is 62.4 Å². The zero-order chi connectivity index (χ0) is 44.3. The van der Waals surface area contributed by atoms with Crippen LogP contribution < -0.4 is 19.5 Å². The molecule has 2 saturated heterocycles. The molecule has 3 aromatic heterocycles. The van der Waals surface area contributed by atoms with Gasteiger partial charge in [0, 0.05) is 56.1 Å². The standard InChI is InChI=1S/C44H46F4N8O6S/c1-43(14-15-43)63(59,60)54-40(58)27-12-17-55(22-27)21-25-19-26-11-16-49-39(37(26)50-20-25)52-33-8-4-7-32(36(33)45)29-5-3-6-31-30(29)9-10-35(31)62-42-38(44(46,47)48)51-34(41(53-42)61-2)24-56-18-13-28(57)23-56/h3-8,11,16,19-20,27-28,35,57H,9-10,12-15,17-18,21-24H2,1-2H3,(H,49,52)(H,54,58)/t27-,28-,35-/m1/s1. The lowest BCUT2D eigenvalue weighted by atomic mass is 9.96. The van der Waals surface area contributed by atoms with E-state index in [-0.39, 0.29) is 29.4 Å². The fourth-order valence-electron chi connectivity index (χ4n) is 8.75. The van der Waals surface area contributed by atoms with Crippen molar-refractivity contribution in [2.24, 2.45) is 5.92 Å². The highest BCUT2D eigenvalue weighted by atomic mass is 32.2. The van der Waals surface area contributed by atoms with E-state index >= 15 is 4.39 Å². The number of alkyl halides is 3. The summed E-state index contributed by atoms with van der Waals surface area (Å²) in [4.78, 5) is 33.9. The molecule has 1 amide bonds. The van der Waals surface area contributed by atoms with Gasteiger partial charge in [0.25, 0.3) is 0 Å². The van der Waals surface area contributed by atoms with Gasteiger partial charge in [-0.3, -0.25) is 24.3 Å². The average molecular weight is 891 g/mol. The molecular formula is C44H46F4N8O6S. The number of sulfonamides is 1. The van der Waals surface area contributed by atoms with Gasteiger partial charge in [-0.1, -0.05) is 30.3 Å². The number of hydrogen-bond acceptors (Lipinski definition) is 13. The quantitative estimate of drug-likeness (QED) is 0.110. The van der Waals surface area contributed by atoms with Gasteiger partial charge in [0.2, 0.25) is 33.4 Å². The first-order valence-electron chi connectivity index (χ1n) is 20.9. The first-order valence-corrected chi connectivity index (χ1v) is 22.4. The molecule has 0 unspecified atom stereocenters. The monoisotopic (exact) mass is 890 g/mol. The Morgan fingerprint density at radius 3 is 2.48 bits per heavy atom. The molecule has 1 saturated carbocycles. The van der Waals surface area contributed by atoms with Crippen molar-refractivity contribution >= 4 is 38.3 Å². The number of aromatic nitrogens is 4. The maximum atomic E-state index is 16.6. The van der Waals surface area contributed by atoms with Gasteiger partial charge in [-0.15, -0.1) is 0 Å². The molecule has 5 heterocycles. The van der Waals surface area contributed by atoms with Crippen molar-refractivity contribution in [3.8, 4) is 22.9 Å².